The molecular weight excluding hydrogens is 266 g/mol. The van der Waals surface area contributed by atoms with E-state index in [0.29, 0.717) is 5.92 Å². The van der Waals surface area contributed by atoms with Crippen molar-refractivity contribution in [2.75, 3.05) is 18.5 Å². The zero-order chi connectivity index (χ0) is 14.1. The number of hydrogen-bond acceptors (Lipinski definition) is 4. The van der Waals surface area contributed by atoms with Gasteiger partial charge in [-0.1, -0.05) is 43.4 Å². The zero-order valence-corrected chi connectivity index (χ0v) is 13.1. The van der Waals surface area contributed by atoms with Gasteiger partial charge in [0.15, 0.2) is 5.13 Å². The minimum absolute atomic E-state index is 0.473. The topological polar surface area (TPSA) is 28.2 Å². The summed E-state index contributed by atoms with van der Waals surface area (Å²) in [5, 5.41) is 4.40. The van der Waals surface area contributed by atoms with Gasteiger partial charge in [-0.3, -0.25) is 0 Å². The van der Waals surface area contributed by atoms with Crippen LogP contribution in [0.2, 0.25) is 0 Å². The number of hydrogen-bond donors (Lipinski definition) is 1. The van der Waals surface area contributed by atoms with Crippen LogP contribution in [0.25, 0.3) is 0 Å². The summed E-state index contributed by atoms with van der Waals surface area (Å²) in [6.07, 6.45) is 1.12. The van der Waals surface area contributed by atoms with Crippen molar-refractivity contribution >= 4 is 22.2 Å². The maximum absolute atomic E-state index is 4.91. The van der Waals surface area contributed by atoms with Crippen LogP contribution >= 0.6 is 11.3 Å². The molecule has 3 rings (SSSR count). The van der Waals surface area contributed by atoms with Crippen LogP contribution in [0.3, 0.4) is 0 Å². The molecule has 0 saturated carbocycles. The van der Waals surface area contributed by atoms with E-state index in [-0.39, 0.29) is 0 Å². The fraction of sp³-hybridized carbons (Fsp3) is 0.438. The van der Waals surface area contributed by atoms with E-state index in [9.17, 15) is 0 Å². The van der Waals surface area contributed by atoms with Crippen molar-refractivity contribution in [3.8, 4) is 0 Å². The molecule has 1 aromatic heterocycles. The van der Waals surface area contributed by atoms with Crippen LogP contribution in [0.5, 0.6) is 0 Å². The Morgan fingerprint density at radius 3 is 2.90 bits per heavy atom. The van der Waals surface area contributed by atoms with Crippen LogP contribution in [0.15, 0.2) is 24.3 Å². The Balaban J connectivity index is 1.97. The molecule has 1 aliphatic heterocycles. The van der Waals surface area contributed by atoms with Crippen molar-refractivity contribution in [2.24, 2.45) is 0 Å². The van der Waals surface area contributed by atoms with Gasteiger partial charge in [-0.05, 0) is 31.0 Å². The quantitative estimate of drug-likeness (QED) is 0.929. The Bertz CT molecular complexity index is 604. The first-order chi connectivity index (χ1) is 9.70. The molecule has 2 heterocycles. The normalized spacial score (nSPS) is 14.1. The summed E-state index contributed by atoms with van der Waals surface area (Å²) in [6.45, 7) is 6.38. The lowest BCUT2D eigenvalue weighted by atomic mass is 10.1. The average molecular weight is 287 g/mol. The van der Waals surface area contributed by atoms with Crippen molar-refractivity contribution in [3.05, 3.63) is 40.4 Å². The lowest BCUT2D eigenvalue weighted by molar-refractivity contribution is 0.770. The van der Waals surface area contributed by atoms with Crippen molar-refractivity contribution in [3.63, 3.8) is 0 Å². The molecule has 0 atom stereocenters. The number of nitrogens with zero attached hydrogens (tertiary/aromatic N) is 2. The summed E-state index contributed by atoms with van der Waals surface area (Å²) in [5.41, 5.74) is 4.00. The molecule has 20 heavy (non-hydrogen) atoms. The van der Waals surface area contributed by atoms with E-state index >= 15 is 0 Å². The van der Waals surface area contributed by atoms with E-state index in [2.05, 4.69) is 48.3 Å². The number of fused-ring (bicyclic) bond motifs is 1. The Morgan fingerprint density at radius 1 is 1.35 bits per heavy atom. The minimum atomic E-state index is 0.473. The minimum Gasteiger partial charge on any atom is -0.317 e. The summed E-state index contributed by atoms with van der Waals surface area (Å²) in [6, 6.07) is 8.66. The lowest BCUT2D eigenvalue weighted by Gasteiger charge is -2.15. The number of para-hydroxylation sites is 1. The maximum atomic E-state index is 4.91. The van der Waals surface area contributed by atoms with Gasteiger partial charge in [0, 0.05) is 23.7 Å². The highest BCUT2D eigenvalue weighted by Gasteiger charge is 2.24. The first-order valence-corrected chi connectivity index (χ1v) is 8.02. The van der Waals surface area contributed by atoms with Gasteiger partial charge in [-0.2, -0.15) is 0 Å². The lowest BCUT2D eigenvalue weighted by Crippen LogP contribution is -2.12. The van der Waals surface area contributed by atoms with Gasteiger partial charge < -0.3 is 10.2 Å². The van der Waals surface area contributed by atoms with Crippen LogP contribution in [0, 0.1) is 0 Å². The van der Waals surface area contributed by atoms with Gasteiger partial charge in [0.2, 0.25) is 0 Å². The Kier molecular flexibility index (Phi) is 3.76. The fourth-order valence-corrected chi connectivity index (χ4v) is 4.01. The number of rotatable bonds is 4. The molecule has 106 valence electrons. The van der Waals surface area contributed by atoms with Crippen LogP contribution in [-0.2, 0) is 13.0 Å². The maximum Gasteiger partial charge on any atom is 0.190 e. The first-order valence-electron chi connectivity index (χ1n) is 7.20. The van der Waals surface area contributed by atoms with Crippen molar-refractivity contribution < 1.29 is 0 Å². The summed E-state index contributed by atoms with van der Waals surface area (Å²) < 4.78 is 0. The monoisotopic (exact) mass is 287 g/mol. The SMILES string of the molecule is CNCc1sc(N2CCc3ccccc32)nc1C(C)C. The third-order valence-electron chi connectivity index (χ3n) is 3.72. The largest absolute Gasteiger partial charge is 0.317 e. The second-order valence-corrected chi connectivity index (χ2v) is 6.58. The van der Waals surface area contributed by atoms with Crippen molar-refractivity contribution in [2.45, 2.75) is 32.7 Å². The molecule has 0 amide bonds. The van der Waals surface area contributed by atoms with Crippen molar-refractivity contribution in [1.29, 1.82) is 0 Å². The molecule has 0 saturated heterocycles. The van der Waals surface area contributed by atoms with Crippen LogP contribution in [-0.4, -0.2) is 18.6 Å². The number of anilines is 2. The highest BCUT2D eigenvalue weighted by molar-refractivity contribution is 7.15. The second-order valence-electron chi connectivity index (χ2n) is 5.52. The van der Waals surface area contributed by atoms with E-state index in [4.69, 9.17) is 4.98 Å². The van der Waals surface area contributed by atoms with E-state index < -0.39 is 0 Å². The molecular formula is C16H21N3S. The molecule has 1 aliphatic rings. The molecule has 0 radical (unpaired) electrons. The molecule has 0 spiro atoms. The summed E-state index contributed by atoms with van der Waals surface area (Å²) in [5.74, 6) is 0.473. The number of nitrogens with one attached hydrogen (secondary N) is 1. The Morgan fingerprint density at radius 2 is 2.15 bits per heavy atom. The third-order valence-corrected chi connectivity index (χ3v) is 4.81. The van der Waals surface area contributed by atoms with E-state index in [1.165, 1.54) is 21.8 Å². The Hall–Kier alpha value is -1.39. The predicted octanol–water partition coefficient (Wildman–Crippen LogP) is 3.68. The number of benzene rings is 1. The van der Waals surface area contributed by atoms with Crippen LogP contribution in [0.4, 0.5) is 10.8 Å². The molecule has 0 unspecified atom stereocenters. The molecule has 4 heteroatoms. The van der Waals surface area contributed by atoms with Gasteiger partial charge in [0.05, 0.1) is 5.69 Å². The van der Waals surface area contributed by atoms with Gasteiger partial charge in [0.1, 0.15) is 0 Å². The van der Waals surface area contributed by atoms with Gasteiger partial charge in [-0.25, -0.2) is 4.98 Å². The third kappa shape index (κ3) is 2.34. The highest BCUT2D eigenvalue weighted by atomic mass is 32.1. The molecule has 1 aromatic carbocycles. The zero-order valence-electron chi connectivity index (χ0n) is 12.3. The summed E-state index contributed by atoms with van der Waals surface area (Å²) in [4.78, 5) is 8.64. The first kappa shape index (κ1) is 13.6. The fourth-order valence-electron chi connectivity index (χ4n) is 2.74. The highest BCUT2D eigenvalue weighted by Crippen LogP contribution is 2.38. The van der Waals surface area contributed by atoms with Gasteiger partial charge in [-0.15, -0.1) is 0 Å². The molecule has 3 nitrogen and oxygen atoms in total. The number of aromatic nitrogens is 1. The van der Waals surface area contributed by atoms with Gasteiger partial charge in [0.25, 0.3) is 0 Å². The van der Waals surface area contributed by atoms with Gasteiger partial charge >= 0.3 is 0 Å². The van der Waals surface area contributed by atoms with E-state index in [0.717, 1.165) is 24.6 Å². The van der Waals surface area contributed by atoms with E-state index in [1.807, 2.05) is 18.4 Å². The smallest absolute Gasteiger partial charge is 0.190 e. The molecule has 0 fully saturated rings. The second kappa shape index (κ2) is 5.54. The number of thiazole rings is 1. The molecule has 0 bridgehead atoms. The standard InChI is InChI=1S/C16H21N3S/c1-11(2)15-14(10-17-3)20-16(18-15)19-9-8-12-6-4-5-7-13(12)19/h4-7,11,17H,8-10H2,1-3H3. The van der Waals surface area contributed by atoms with Crippen molar-refractivity contribution in [1.82, 2.24) is 10.3 Å². The Labute approximate surface area is 124 Å². The average Bonchev–Trinajstić information content (AvgIpc) is 3.02. The van der Waals surface area contributed by atoms with Crippen LogP contribution < -0.4 is 10.2 Å². The van der Waals surface area contributed by atoms with E-state index in [1.54, 1.807) is 0 Å². The van der Waals surface area contributed by atoms with Crippen LogP contribution in [0.1, 0.15) is 35.9 Å². The summed E-state index contributed by atoms with van der Waals surface area (Å²) in [7, 11) is 1.99. The predicted molar refractivity (Wildman–Crippen MR) is 86.1 cm³/mol. The molecule has 2 aromatic rings. The molecule has 0 aliphatic carbocycles. The molecule has 1 N–H and O–H groups in total. The summed E-state index contributed by atoms with van der Waals surface area (Å²) >= 11 is 1.83.